The van der Waals surface area contributed by atoms with Crippen molar-refractivity contribution in [2.75, 3.05) is 12.4 Å². The van der Waals surface area contributed by atoms with Gasteiger partial charge in [-0.2, -0.15) is 0 Å². The SMILES string of the molecule is CC1CCCN(C(=O)NC(=O)CCl)C1C. The maximum absolute atomic E-state index is 11.7. The largest absolute Gasteiger partial charge is 0.324 e. The molecule has 5 heteroatoms. The van der Waals surface area contributed by atoms with Crippen LogP contribution < -0.4 is 5.32 Å². The molecule has 1 fully saturated rings. The first-order chi connectivity index (χ1) is 7.06. The Kier molecular flexibility index (Phi) is 4.39. The van der Waals surface area contributed by atoms with Crippen LogP contribution >= 0.6 is 11.6 Å². The molecule has 0 aliphatic carbocycles. The van der Waals surface area contributed by atoms with E-state index in [4.69, 9.17) is 11.6 Å². The van der Waals surface area contributed by atoms with Gasteiger partial charge in [-0.3, -0.25) is 10.1 Å². The highest BCUT2D eigenvalue weighted by atomic mass is 35.5. The second-order valence-electron chi connectivity index (χ2n) is 4.04. The van der Waals surface area contributed by atoms with Gasteiger partial charge in [0.05, 0.1) is 0 Å². The van der Waals surface area contributed by atoms with Crippen LogP contribution in [0.1, 0.15) is 26.7 Å². The minimum Gasteiger partial charge on any atom is -0.321 e. The number of alkyl halides is 1. The molecule has 0 saturated carbocycles. The smallest absolute Gasteiger partial charge is 0.321 e. The summed E-state index contributed by atoms with van der Waals surface area (Å²) in [6, 6.07) is -0.137. The molecular formula is C10H17ClN2O2. The van der Waals surface area contributed by atoms with E-state index < -0.39 is 5.91 Å². The highest BCUT2D eigenvalue weighted by molar-refractivity contribution is 6.28. The van der Waals surface area contributed by atoms with E-state index in [1.165, 1.54) is 0 Å². The normalized spacial score (nSPS) is 26.2. The molecule has 2 atom stereocenters. The molecule has 3 amide bonds. The van der Waals surface area contributed by atoms with Crippen LogP contribution in [0.4, 0.5) is 4.79 Å². The molecule has 0 aromatic heterocycles. The first-order valence-corrected chi connectivity index (χ1v) is 5.76. The Morgan fingerprint density at radius 2 is 2.13 bits per heavy atom. The summed E-state index contributed by atoms with van der Waals surface area (Å²) >= 11 is 5.32. The molecule has 0 aromatic carbocycles. The monoisotopic (exact) mass is 232 g/mol. The average molecular weight is 233 g/mol. The number of nitrogens with one attached hydrogen (secondary N) is 1. The number of carbonyl (C=O) groups excluding carboxylic acids is 2. The molecule has 1 rings (SSSR count). The highest BCUT2D eigenvalue weighted by Gasteiger charge is 2.28. The van der Waals surface area contributed by atoms with Crippen molar-refractivity contribution in [3.05, 3.63) is 0 Å². The first kappa shape index (κ1) is 12.3. The third-order valence-corrected chi connectivity index (χ3v) is 3.24. The number of hydrogen-bond acceptors (Lipinski definition) is 2. The number of piperidine rings is 1. The fraction of sp³-hybridized carbons (Fsp3) is 0.800. The van der Waals surface area contributed by atoms with Crippen LogP contribution in [0.2, 0.25) is 0 Å². The fourth-order valence-corrected chi connectivity index (χ4v) is 1.91. The van der Waals surface area contributed by atoms with Crippen molar-refractivity contribution >= 4 is 23.5 Å². The Morgan fingerprint density at radius 1 is 1.47 bits per heavy atom. The van der Waals surface area contributed by atoms with E-state index in [0.717, 1.165) is 12.8 Å². The number of nitrogens with zero attached hydrogens (tertiary/aromatic N) is 1. The molecule has 0 spiro atoms. The maximum Gasteiger partial charge on any atom is 0.324 e. The van der Waals surface area contributed by atoms with Crippen molar-refractivity contribution in [1.82, 2.24) is 10.2 Å². The van der Waals surface area contributed by atoms with Crippen LogP contribution in [-0.2, 0) is 4.79 Å². The van der Waals surface area contributed by atoms with E-state index in [-0.39, 0.29) is 18.0 Å². The summed E-state index contributed by atoms with van der Waals surface area (Å²) in [6.07, 6.45) is 2.13. The molecule has 1 aliphatic rings. The number of hydrogen-bond donors (Lipinski definition) is 1. The van der Waals surface area contributed by atoms with Gasteiger partial charge in [0.15, 0.2) is 0 Å². The number of halogens is 1. The summed E-state index contributed by atoms with van der Waals surface area (Å²) in [5, 5.41) is 2.27. The lowest BCUT2D eigenvalue weighted by Crippen LogP contribution is -2.51. The summed E-state index contributed by atoms with van der Waals surface area (Å²) < 4.78 is 0. The van der Waals surface area contributed by atoms with Gasteiger partial charge in [0, 0.05) is 12.6 Å². The topological polar surface area (TPSA) is 49.4 Å². The lowest BCUT2D eigenvalue weighted by atomic mass is 9.92. The average Bonchev–Trinajstić information content (AvgIpc) is 2.21. The van der Waals surface area contributed by atoms with Gasteiger partial charge in [-0.25, -0.2) is 4.79 Å². The summed E-state index contributed by atoms with van der Waals surface area (Å²) in [7, 11) is 0. The minimum atomic E-state index is -0.438. The molecule has 4 nitrogen and oxygen atoms in total. The number of amides is 3. The molecule has 1 N–H and O–H groups in total. The molecule has 0 aromatic rings. The summed E-state index contributed by atoms with van der Waals surface area (Å²) in [5.41, 5.74) is 0. The van der Waals surface area contributed by atoms with Crippen molar-refractivity contribution in [2.24, 2.45) is 5.92 Å². The number of imide groups is 1. The molecule has 1 heterocycles. The van der Waals surface area contributed by atoms with Crippen molar-refractivity contribution in [2.45, 2.75) is 32.7 Å². The van der Waals surface area contributed by atoms with Crippen molar-refractivity contribution in [3.63, 3.8) is 0 Å². The second-order valence-corrected chi connectivity index (χ2v) is 4.31. The zero-order valence-electron chi connectivity index (χ0n) is 9.12. The zero-order valence-corrected chi connectivity index (χ0v) is 9.88. The van der Waals surface area contributed by atoms with Crippen LogP contribution in [-0.4, -0.2) is 35.3 Å². The molecule has 15 heavy (non-hydrogen) atoms. The number of rotatable bonds is 1. The predicted octanol–water partition coefficient (Wildman–Crippen LogP) is 1.58. The van der Waals surface area contributed by atoms with Crippen LogP contribution in [0.5, 0.6) is 0 Å². The zero-order chi connectivity index (χ0) is 11.4. The molecule has 1 saturated heterocycles. The Balaban J connectivity index is 2.54. The lowest BCUT2D eigenvalue weighted by Gasteiger charge is -2.37. The van der Waals surface area contributed by atoms with Crippen LogP contribution in [0, 0.1) is 5.92 Å². The van der Waals surface area contributed by atoms with Crippen LogP contribution in [0.15, 0.2) is 0 Å². The molecular weight excluding hydrogens is 216 g/mol. The van der Waals surface area contributed by atoms with E-state index in [1.54, 1.807) is 4.90 Å². The van der Waals surface area contributed by atoms with Gasteiger partial charge in [0.2, 0.25) is 5.91 Å². The standard InChI is InChI=1S/C10H17ClN2O2/c1-7-4-3-5-13(8(7)2)10(15)12-9(14)6-11/h7-8H,3-6H2,1-2H3,(H,12,14,15). The molecule has 0 bridgehead atoms. The summed E-state index contributed by atoms with van der Waals surface area (Å²) in [4.78, 5) is 24.3. The minimum absolute atomic E-state index is 0.177. The van der Waals surface area contributed by atoms with E-state index in [0.29, 0.717) is 12.5 Å². The van der Waals surface area contributed by atoms with Gasteiger partial charge >= 0.3 is 6.03 Å². The maximum atomic E-state index is 11.7. The van der Waals surface area contributed by atoms with Gasteiger partial charge in [-0.1, -0.05) is 6.92 Å². The van der Waals surface area contributed by atoms with Crippen molar-refractivity contribution in [1.29, 1.82) is 0 Å². The third kappa shape index (κ3) is 3.09. The Bertz CT molecular complexity index is 258. The van der Waals surface area contributed by atoms with E-state index in [1.807, 2.05) is 6.92 Å². The molecule has 0 radical (unpaired) electrons. The Labute approximate surface area is 95.0 Å². The van der Waals surface area contributed by atoms with Gasteiger partial charge in [0.25, 0.3) is 0 Å². The lowest BCUT2D eigenvalue weighted by molar-refractivity contribution is -0.117. The molecule has 86 valence electrons. The molecule has 2 unspecified atom stereocenters. The second kappa shape index (κ2) is 5.35. The van der Waals surface area contributed by atoms with E-state index in [2.05, 4.69) is 12.2 Å². The Morgan fingerprint density at radius 3 is 2.73 bits per heavy atom. The third-order valence-electron chi connectivity index (χ3n) is 3.00. The molecule has 1 aliphatic heterocycles. The quantitative estimate of drug-likeness (QED) is 0.698. The van der Waals surface area contributed by atoms with Crippen molar-refractivity contribution in [3.8, 4) is 0 Å². The van der Waals surface area contributed by atoms with Crippen LogP contribution in [0.25, 0.3) is 0 Å². The van der Waals surface area contributed by atoms with Gasteiger partial charge in [-0.15, -0.1) is 11.6 Å². The van der Waals surface area contributed by atoms with Gasteiger partial charge < -0.3 is 4.90 Å². The van der Waals surface area contributed by atoms with E-state index >= 15 is 0 Å². The number of carbonyl (C=O) groups is 2. The predicted molar refractivity (Wildman–Crippen MR) is 58.8 cm³/mol. The van der Waals surface area contributed by atoms with Gasteiger partial charge in [-0.05, 0) is 25.7 Å². The van der Waals surface area contributed by atoms with Gasteiger partial charge in [0.1, 0.15) is 5.88 Å². The fourth-order valence-electron chi connectivity index (χ4n) is 1.85. The highest BCUT2D eigenvalue weighted by Crippen LogP contribution is 2.22. The van der Waals surface area contributed by atoms with Crippen LogP contribution in [0.3, 0.4) is 0 Å². The van der Waals surface area contributed by atoms with E-state index in [9.17, 15) is 9.59 Å². The number of likely N-dealkylation sites (tertiary alicyclic amines) is 1. The number of urea groups is 1. The summed E-state index contributed by atoms with van der Waals surface area (Å²) in [5.74, 6) is -0.133. The van der Waals surface area contributed by atoms with Crippen molar-refractivity contribution < 1.29 is 9.59 Å². The Hall–Kier alpha value is -0.770. The first-order valence-electron chi connectivity index (χ1n) is 5.22. The summed E-state index contributed by atoms with van der Waals surface area (Å²) in [6.45, 7) is 4.84.